The van der Waals surface area contributed by atoms with Crippen LogP contribution in [-0.4, -0.2) is 68.4 Å². The molecule has 2 aliphatic heterocycles. The zero-order valence-electron chi connectivity index (χ0n) is 16.5. The molecule has 0 spiro atoms. The fraction of sp³-hybridized carbons (Fsp3) is 0.476. The molecule has 1 aromatic carbocycles. The van der Waals surface area contributed by atoms with Crippen LogP contribution in [0.25, 0.3) is 10.9 Å². The van der Waals surface area contributed by atoms with E-state index in [1.807, 2.05) is 10.9 Å². The summed E-state index contributed by atoms with van der Waals surface area (Å²) in [5.74, 6) is 0.0895. The standard InChI is InChI=1S/C21H27N7O/c29-21-15-27(10-7-23-21)13-18-14-28(25-24-18)19-4-8-26(9-5-19)12-16-1-2-20-17(11-16)3-6-22-20/h1-3,6,11,14,19,22H,4-5,7-10,12-13,15H2,(H,23,29). The summed E-state index contributed by atoms with van der Waals surface area (Å²) in [5.41, 5.74) is 3.51. The minimum absolute atomic E-state index is 0.0895. The highest BCUT2D eigenvalue weighted by atomic mass is 16.2. The van der Waals surface area contributed by atoms with Gasteiger partial charge in [0.1, 0.15) is 0 Å². The van der Waals surface area contributed by atoms with Crippen molar-refractivity contribution in [3.05, 3.63) is 47.9 Å². The number of carbonyl (C=O) groups excluding carboxylic acids is 1. The lowest BCUT2D eigenvalue weighted by Gasteiger charge is -2.31. The Morgan fingerprint density at radius 1 is 1.07 bits per heavy atom. The molecule has 29 heavy (non-hydrogen) atoms. The maximum Gasteiger partial charge on any atom is 0.234 e. The monoisotopic (exact) mass is 393 g/mol. The van der Waals surface area contributed by atoms with E-state index in [2.05, 4.69) is 60.9 Å². The van der Waals surface area contributed by atoms with Crippen LogP contribution in [-0.2, 0) is 17.9 Å². The zero-order valence-corrected chi connectivity index (χ0v) is 16.5. The maximum atomic E-state index is 11.5. The van der Waals surface area contributed by atoms with E-state index in [-0.39, 0.29) is 5.91 Å². The molecule has 152 valence electrons. The summed E-state index contributed by atoms with van der Waals surface area (Å²) < 4.78 is 2.03. The number of piperazine rings is 1. The predicted molar refractivity (Wildman–Crippen MR) is 110 cm³/mol. The number of carbonyl (C=O) groups is 1. The highest BCUT2D eigenvalue weighted by molar-refractivity contribution is 5.80. The predicted octanol–water partition coefficient (Wildman–Crippen LogP) is 1.53. The molecule has 0 saturated carbocycles. The van der Waals surface area contributed by atoms with Crippen LogP contribution in [0, 0.1) is 0 Å². The van der Waals surface area contributed by atoms with Gasteiger partial charge in [-0.25, -0.2) is 4.68 Å². The first-order valence-electron chi connectivity index (χ1n) is 10.4. The van der Waals surface area contributed by atoms with E-state index in [0.29, 0.717) is 25.7 Å². The first-order chi connectivity index (χ1) is 14.2. The minimum atomic E-state index is 0.0895. The summed E-state index contributed by atoms with van der Waals surface area (Å²) in [5, 5.41) is 12.9. The van der Waals surface area contributed by atoms with Gasteiger partial charge in [0.15, 0.2) is 0 Å². The molecule has 0 bridgehead atoms. The summed E-state index contributed by atoms with van der Waals surface area (Å²) in [6, 6.07) is 9.20. The average Bonchev–Trinajstić information content (AvgIpc) is 3.38. The first-order valence-corrected chi connectivity index (χ1v) is 10.4. The molecular weight excluding hydrogens is 366 g/mol. The van der Waals surface area contributed by atoms with Crippen molar-refractivity contribution in [2.45, 2.75) is 32.0 Å². The van der Waals surface area contributed by atoms with Gasteiger partial charge in [-0.1, -0.05) is 11.3 Å². The Hall–Kier alpha value is -2.71. The molecule has 0 atom stereocenters. The number of benzene rings is 1. The molecule has 1 amide bonds. The van der Waals surface area contributed by atoms with Crippen molar-refractivity contribution in [3.8, 4) is 0 Å². The number of aromatic nitrogens is 4. The highest BCUT2D eigenvalue weighted by Crippen LogP contribution is 2.24. The minimum Gasteiger partial charge on any atom is -0.361 e. The lowest BCUT2D eigenvalue weighted by atomic mass is 10.0. The second-order valence-corrected chi connectivity index (χ2v) is 8.16. The molecule has 8 heteroatoms. The Bertz CT molecular complexity index is 986. The number of aromatic amines is 1. The molecule has 4 heterocycles. The molecule has 0 radical (unpaired) electrons. The fourth-order valence-electron chi connectivity index (χ4n) is 4.42. The van der Waals surface area contributed by atoms with Gasteiger partial charge in [-0.15, -0.1) is 5.10 Å². The zero-order chi connectivity index (χ0) is 19.6. The number of hydrogen-bond donors (Lipinski definition) is 2. The van der Waals surface area contributed by atoms with Crippen LogP contribution in [0.4, 0.5) is 0 Å². The Balaban J connectivity index is 1.14. The van der Waals surface area contributed by atoms with E-state index in [1.165, 1.54) is 16.5 Å². The van der Waals surface area contributed by atoms with Gasteiger partial charge >= 0.3 is 0 Å². The number of piperidine rings is 1. The summed E-state index contributed by atoms with van der Waals surface area (Å²) in [6.45, 7) is 5.84. The molecule has 2 N–H and O–H groups in total. The number of rotatable bonds is 5. The van der Waals surface area contributed by atoms with Crippen LogP contribution in [0.1, 0.15) is 30.1 Å². The number of likely N-dealkylation sites (tertiary alicyclic amines) is 1. The second kappa shape index (κ2) is 7.96. The Morgan fingerprint density at radius 3 is 2.83 bits per heavy atom. The van der Waals surface area contributed by atoms with Crippen LogP contribution < -0.4 is 5.32 Å². The Morgan fingerprint density at radius 2 is 1.97 bits per heavy atom. The van der Waals surface area contributed by atoms with Gasteiger partial charge in [0.25, 0.3) is 0 Å². The number of fused-ring (bicyclic) bond motifs is 1. The highest BCUT2D eigenvalue weighted by Gasteiger charge is 2.23. The van der Waals surface area contributed by atoms with Crippen molar-refractivity contribution in [1.82, 2.24) is 35.1 Å². The summed E-state index contributed by atoms with van der Waals surface area (Å²) >= 11 is 0. The number of H-pyrrole nitrogens is 1. The second-order valence-electron chi connectivity index (χ2n) is 8.16. The van der Waals surface area contributed by atoms with Crippen LogP contribution in [0.2, 0.25) is 0 Å². The smallest absolute Gasteiger partial charge is 0.234 e. The molecule has 2 aliphatic rings. The van der Waals surface area contributed by atoms with Crippen molar-refractivity contribution in [3.63, 3.8) is 0 Å². The Kier molecular flexibility index (Phi) is 5.03. The molecule has 2 fully saturated rings. The first kappa shape index (κ1) is 18.3. The summed E-state index contributed by atoms with van der Waals surface area (Å²) in [6.07, 6.45) is 6.22. The van der Waals surface area contributed by atoms with Gasteiger partial charge in [-0.2, -0.15) is 0 Å². The van der Waals surface area contributed by atoms with Crippen LogP contribution in [0.5, 0.6) is 0 Å². The van der Waals surface area contributed by atoms with Crippen molar-refractivity contribution < 1.29 is 4.79 Å². The number of amides is 1. The van der Waals surface area contributed by atoms with E-state index >= 15 is 0 Å². The quantitative estimate of drug-likeness (QED) is 0.687. The molecule has 8 nitrogen and oxygen atoms in total. The van der Waals surface area contributed by atoms with Gasteiger partial charge in [-0.05, 0) is 42.0 Å². The Labute approximate surface area is 169 Å². The SMILES string of the molecule is O=C1CN(Cc2cn(C3CCN(Cc4ccc5[nH]ccc5c4)CC3)nn2)CCN1. The fourth-order valence-corrected chi connectivity index (χ4v) is 4.42. The van der Waals surface area contributed by atoms with Crippen LogP contribution in [0.15, 0.2) is 36.7 Å². The summed E-state index contributed by atoms with van der Waals surface area (Å²) in [4.78, 5) is 19.4. The number of hydrogen-bond acceptors (Lipinski definition) is 5. The van der Waals surface area contributed by atoms with Gasteiger partial charge in [0, 0.05) is 51.0 Å². The molecule has 0 unspecified atom stereocenters. The molecule has 2 aromatic heterocycles. The van der Waals surface area contributed by atoms with Crippen LogP contribution >= 0.6 is 0 Å². The lowest BCUT2D eigenvalue weighted by Crippen LogP contribution is -2.47. The van der Waals surface area contributed by atoms with E-state index in [0.717, 1.165) is 44.7 Å². The third-order valence-corrected chi connectivity index (χ3v) is 6.02. The topological polar surface area (TPSA) is 82.1 Å². The lowest BCUT2D eigenvalue weighted by molar-refractivity contribution is -0.124. The number of nitrogens with zero attached hydrogens (tertiary/aromatic N) is 5. The van der Waals surface area contributed by atoms with Gasteiger partial charge in [0.2, 0.25) is 5.91 Å². The van der Waals surface area contributed by atoms with Gasteiger partial charge < -0.3 is 10.3 Å². The molecule has 0 aliphatic carbocycles. The average molecular weight is 393 g/mol. The third kappa shape index (κ3) is 4.18. The molecule has 2 saturated heterocycles. The van der Waals surface area contributed by atoms with Crippen molar-refractivity contribution in [2.75, 3.05) is 32.7 Å². The van der Waals surface area contributed by atoms with Crippen LogP contribution in [0.3, 0.4) is 0 Å². The molecule has 5 rings (SSSR count). The summed E-state index contributed by atoms with van der Waals surface area (Å²) in [7, 11) is 0. The number of nitrogens with one attached hydrogen (secondary N) is 2. The van der Waals surface area contributed by atoms with Crippen molar-refractivity contribution >= 4 is 16.8 Å². The van der Waals surface area contributed by atoms with Crippen molar-refractivity contribution in [2.24, 2.45) is 0 Å². The van der Waals surface area contributed by atoms with E-state index in [9.17, 15) is 4.79 Å². The van der Waals surface area contributed by atoms with E-state index in [4.69, 9.17) is 0 Å². The normalized spacial score (nSPS) is 19.7. The van der Waals surface area contributed by atoms with Gasteiger partial charge in [0.05, 0.1) is 24.5 Å². The largest absolute Gasteiger partial charge is 0.361 e. The third-order valence-electron chi connectivity index (χ3n) is 6.02. The van der Waals surface area contributed by atoms with E-state index < -0.39 is 0 Å². The maximum absolute atomic E-state index is 11.5. The molecular formula is C21H27N7O. The van der Waals surface area contributed by atoms with Gasteiger partial charge in [-0.3, -0.25) is 14.6 Å². The van der Waals surface area contributed by atoms with E-state index in [1.54, 1.807) is 0 Å². The van der Waals surface area contributed by atoms with Crippen molar-refractivity contribution in [1.29, 1.82) is 0 Å². The molecule has 3 aromatic rings.